The molecule has 0 aliphatic rings. The first-order chi connectivity index (χ1) is 12.6. The number of carbonyl (C=O) groups is 1. The van der Waals surface area contributed by atoms with E-state index in [0.717, 1.165) is 25.4 Å². The molecule has 26 heavy (non-hydrogen) atoms. The van der Waals surface area contributed by atoms with Crippen molar-refractivity contribution in [2.45, 2.75) is 34.1 Å². The Bertz CT molecular complexity index is 813. The second kappa shape index (κ2) is 11.0. The highest BCUT2D eigenvalue weighted by Gasteiger charge is 2.13. The smallest absolute Gasteiger partial charge is 0.242 e. The van der Waals surface area contributed by atoms with E-state index < -0.39 is 0 Å². The Balaban J connectivity index is 0.00000163. The van der Waals surface area contributed by atoms with Crippen molar-refractivity contribution >= 4 is 17.4 Å². The van der Waals surface area contributed by atoms with E-state index in [2.05, 4.69) is 23.1 Å². The van der Waals surface area contributed by atoms with E-state index in [0.29, 0.717) is 29.5 Å². The summed E-state index contributed by atoms with van der Waals surface area (Å²) in [6.45, 7) is 8.54. The molecule has 0 unspecified atom stereocenters. The monoisotopic (exact) mass is 357 g/mol. The van der Waals surface area contributed by atoms with Crippen LogP contribution in [0.25, 0.3) is 11.1 Å². The fraction of sp³-hybridized carbons (Fsp3) is 0.350. The number of hydrogen-bond acceptors (Lipinski definition) is 5. The summed E-state index contributed by atoms with van der Waals surface area (Å²) in [5, 5.41) is 11.5. The van der Waals surface area contributed by atoms with Gasteiger partial charge >= 0.3 is 0 Å². The number of hydrogen-bond donors (Lipinski definition) is 1. The molecule has 2 heterocycles. The highest BCUT2D eigenvalue weighted by atomic mass is 16.5. The summed E-state index contributed by atoms with van der Waals surface area (Å²) in [6.07, 6.45) is 9.65. The zero-order chi connectivity index (χ0) is 19.5. The summed E-state index contributed by atoms with van der Waals surface area (Å²) in [7, 11) is 1.00. The number of aldehydes is 1. The molecular formula is C20H27N3O3. The predicted molar refractivity (Wildman–Crippen MR) is 105 cm³/mol. The maximum Gasteiger partial charge on any atom is 0.242 e. The summed E-state index contributed by atoms with van der Waals surface area (Å²) in [4.78, 5) is 15.8. The van der Waals surface area contributed by atoms with Crippen LogP contribution in [0.5, 0.6) is 5.88 Å². The highest BCUT2D eigenvalue weighted by molar-refractivity contribution is 5.77. The number of allylic oxidation sites excluding steroid dienone is 6. The minimum absolute atomic E-state index is 0.471. The van der Waals surface area contributed by atoms with Crippen LogP contribution >= 0.6 is 0 Å². The quantitative estimate of drug-likeness (QED) is 0.601. The first kappa shape index (κ1) is 21.3. The number of ether oxygens (including phenoxy) is 1. The Kier molecular flexibility index (Phi) is 9.01. The van der Waals surface area contributed by atoms with Crippen molar-refractivity contribution in [2.75, 3.05) is 13.7 Å². The fourth-order valence-corrected chi connectivity index (χ4v) is 2.24. The maximum atomic E-state index is 11.2. The lowest BCUT2D eigenvalue weighted by Crippen LogP contribution is -2.07. The molecule has 6 heteroatoms. The molecule has 0 atom stereocenters. The van der Waals surface area contributed by atoms with Gasteiger partial charge in [-0.15, -0.1) is 5.10 Å². The zero-order valence-corrected chi connectivity index (χ0v) is 16.1. The van der Waals surface area contributed by atoms with Crippen molar-refractivity contribution in [1.29, 1.82) is 0 Å². The van der Waals surface area contributed by atoms with Crippen LogP contribution in [-0.2, 0) is 0 Å². The summed E-state index contributed by atoms with van der Waals surface area (Å²) < 4.78 is 7.22. The van der Waals surface area contributed by atoms with Crippen molar-refractivity contribution in [1.82, 2.24) is 14.6 Å². The van der Waals surface area contributed by atoms with Crippen LogP contribution in [0, 0.1) is 0 Å². The molecule has 0 fully saturated rings. The van der Waals surface area contributed by atoms with Crippen LogP contribution in [0.3, 0.4) is 0 Å². The Morgan fingerprint density at radius 1 is 1.27 bits per heavy atom. The van der Waals surface area contributed by atoms with E-state index in [1.165, 1.54) is 5.57 Å². The lowest BCUT2D eigenvalue weighted by molar-refractivity contribution is 0.111. The predicted octanol–water partition coefficient (Wildman–Crippen LogP) is 3.86. The second-order valence-corrected chi connectivity index (χ2v) is 5.52. The molecule has 0 aromatic carbocycles. The van der Waals surface area contributed by atoms with Gasteiger partial charge in [-0.05, 0) is 39.3 Å². The average Bonchev–Trinajstić information content (AvgIpc) is 3.06. The van der Waals surface area contributed by atoms with E-state index in [-0.39, 0.29) is 0 Å². The second-order valence-electron chi connectivity index (χ2n) is 5.52. The van der Waals surface area contributed by atoms with Gasteiger partial charge in [-0.25, -0.2) is 4.52 Å². The van der Waals surface area contributed by atoms with Gasteiger partial charge in [-0.3, -0.25) is 4.79 Å². The van der Waals surface area contributed by atoms with Gasteiger partial charge in [-0.1, -0.05) is 36.8 Å². The van der Waals surface area contributed by atoms with Crippen LogP contribution in [-0.4, -0.2) is 39.7 Å². The van der Waals surface area contributed by atoms with E-state index in [1.807, 2.05) is 39.0 Å². The third kappa shape index (κ3) is 5.39. The fourth-order valence-electron chi connectivity index (χ4n) is 2.24. The first-order valence-electron chi connectivity index (χ1n) is 8.55. The minimum atomic E-state index is 0.471. The van der Waals surface area contributed by atoms with Crippen molar-refractivity contribution in [3.8, 4) is 5.88 Å². The maximum absolute atomic E-state index is 11.2. The van der Waals surface area contributed by atoms with Crippen LogP contribution in [0.1, 0.15) is 50.4 Å². The van der Waals surface area contributed by atoms with Gasteiger partial charge in [0.05, 0.1) is 6.61 Å². The Labute approximate surface area is 154 Å². The largest absolute Gasteiger partial charge is 0.476 e. The van der Waals surface area contributed by atoms with Gasteiger partial charge in [-0.2, -0.15) is 4.98 Å². The van der Waals surface area contributed by atoms with Crippen molar-refractivity contribution in [2.24, 2.45) is 0 Å². The minimum Gasteiger partial charge on any atom is -0.476 e. The lowest BCUT2D eigenvalue weighted by Gasteiger charge is -2.09. The molecule has 0 aliphatic heterocycles. The summed E-state index contributed by atoms with van der Waals surface area (Å²) in [5.41, 5.74) is 3.26. The first-order valence-corrected chi connectivity index (χ1v) is 8.55. The number of rotatable bonds is 7. The van der Waals surface area contributed by atoms with Gasteiger partial charge in [0, 0.05) is 12.7 Å². The van der Waals surface area contributed by atoms with E-state index in [4.69, 9.17) is 9.84 Å². The summed E-state index contributed by atoms with van der Waals surface area (Å²) >= 11 is 0. The molecule has 0 bridgehead atoms. The molecule has 0 saturated carbocycles. The lowest BCUT2D eigenvalue weighted by atomic mass is 10.2. The molecule has 0 amide bonds. The summed E-state index contributed by atoms with van der Waals surface area (Å²) in [5.74, 6) is 1.01. The molecule has 0 spiro atoms. The molecule has 140 valence electrons. The van der Waals surface area contributed by atoms with Crippen molar-refractivity contribution in [3.63, 3.8) is 0 Å². The molecule has 0 aliphatic carbocycles. The topological polar surface area (TPSA) is 76.7 Å². The molecule has 2 aromatic heterocycles. The Morgan fingerprint density at radius 3 is 2.58 bits per heavy atom. The zero-order valence-electron chi connectivity index (χ0n) is 16.1. The normalized spacial score (nSPS) is 11.2. The van der Waals surface area contributed by atoms with Crippen LogP contribution < -0.4 is 4.74 Å². The van der Waals surface area contributed by atoms with Crippen molar-refractivity contribution < 1.29 is 14.6 Å². The number of fused-ring (bicyclic) bond motifs is 1. The number of carbonyl (C=O) groups excluding carboxylic acids is 1. The van der Waals surface area contributed by atoms with E-state index >= 15 is 0 Å². The van der Waals surface area contributed by atoms with Crippen LogP contribution in [0.2, 0.25) is 0 Å². The van der Waals surface area contributed by atoms with Crippen molar-refractivity contribution in [3.05, 3.63) is 53.5 Å². The third-order valence-corrected chi connectivity index (χ3v) is 3.30. The van der Waals surface area contributed by atoms with Gasteiger partial charge in [0.15, 0.2) is 12.1 Å². The van der Waals surface area contributed by atoms with Gasteiger partial charge in [0.2, 0.25) is 5.88 Å². The molecule has 2 aromatic rings. The Hall–Kier alpha value is -2.73. The average molecular weight is 357 g/mol. The highest BCUT2D eigenvalue weighted by Crippen LogP contribution is 2.22. The third-order valence-electron chi connectivity index (χ3n) is 3.30. The molecule has 2 rings (SSSR count). The van der Waals surface area contributed by atoms with Gasteiger partial charge in [0.25, 0.3) is 0 Å². The van der Waals surface area contributed by atoms with E-state index in [1.54, 1.807) is 16.6 Å². The number of nitrogens with zero attached hydrogens (tertiary/aromatic N) is 3. The molecule has 6 nitrogen and oxygen atoms in total. The number of aliphatic hydroxyl groups is 1. The van der Waals surface area contributed by atoms with E-state index in [9.17, 15) is 4.79 Å². The molecular weight excluding hydrogens is 330 g/mol. The van der Waals surface area contributed by atoms with Crippen LogP contribution in [0.15, 0.2) is 42.0 Å². The van der Waals surface area contributed by atoms with Gasteiger partial charge < -0.3 is 9.84 Å². The summed E-state index contributed by atoms with van der Waals surface area (Å²) in [6, 6.07) is 3.51. The number of aliphatic hydroxyl groups excluding tert-OH is 1. The van der Waals surface area contributed by atoms with Crippen LogP contribution in [0.4, 0.5) is 0 Å². The van der Waals surface area contributed by atoms with Gasteiger partial charge in [0.1, 0.15) is 11.2 Å². The molecule has 1 N–H and O–H groups in total. The molecule has 0 saturated heterocycles. The number of aromatic nitrogens is 3. The standard InChI is InChI=1S/C19H23N3O2.CH4O/c1-5-8-15(10-7-9-14(3)4)18-20-19(24-6-2)17-12-11-16(13-23)22(17)21-18;1-2/h7-13H,5-6H2,1-4H3;2H,1H3/b10-7-,15-8-;. The Morgan fingerprint density at radius 2 is 2.00 bits per heavy atom. The molecule has 0 radical (unpaired) electrons. The SMILES string of the molecule is CC/C=C(/C=C\C=C(C)C)c1nc(OCC)c2ccc(C=O)n2n1.CO.